The summed E-state index contributed by atoms with van der Waals surface area (Å²) < 4.78 is 1.76. The fraction of sp³-hybridized carbons (Fsp3) is 0.286. The minimum absolute atomic E-state index is 0.174. The van der Waals surface area contributed by atoms with E-state index in [2.05, 4.69) is 10.4 Å². The highest BCUT2D eigenvalue weighted by Crippen LogP contribution is 2.18. The number of amides is 1. The highest BCUT2D eigenvalue weighted by Gasteiger charge is 2.13. The molecule has 0 bridgehead atoms. The molecule has 0 fully saturated rings. The van der Waals surface area contributed by atoms with Gasteiger partial charge in [-0.2, -0.15) is 5.10 Å². The smallest absolute Gasteiger partial charge is 0.257 e. The quantitative estimate of drug-likeness (QED) is 0.831. The molecule has 1 aromatic heterocycles. The van der Waals surface area contributed by atoms with Crippen molar-refractivity contribution >= 4 is 17.4 Å². The standard InChI is InChI=1S/C14H18N4O/c1-9(2)18-13(7-8-16-18)17-14(19)11-5-4-6-12(15)10(11)3/h4-9H,15H2,1-3H3,(H,17,19). The lowest BCUT2D eigenvalue weighted by Crippen LogP contribution is -2.18. The van der Waals surface area contributed by atoms with E-state index in [9.17, 15) is 4.79 Å². The molecule has 3 N–H and O–H groups in total. The number of carbonyl (C=O) groups is 1. The summed E-state index contributed by atoms with van der Waals surface area (Å²) in [6.45, 7) is 5.85. The van der Waals surface area contributed by atoms with Crippen LogP contribution in [0.3, 0.4) is 0 Å². The third kappa shape index (κ3) is 2.59. The summed E-state index contributed by atoms with van der Waals surface area (Å²) in [7, 11) is 0. The number of anilines is 2. The fourth-order valence-corrected chi connectivity index (χ4v) is 1.91. The molecule has 1 heterocycles. The molecule has 0 saturated heterocycles. The van der Waals surface area contributed by atoms with Crippen LogP contribution in [0.2, 0.25) is 0 Å². The predicted octanol–water partition coefficient (Wildman–Crippen LogP) is 2.61. The Morgan fingerprint density at radius 2 is 2.11 bits per heavy atom. The van der Waals surface area contributed by atoms with Crippen LogP contribution in [0.4, 0.5) is 11.5 Å². The van der Waals surface area contributed by atoms with Crippen LogP contribution < -0.4 is 11.1 Å². The van der Waals surface area contributed by atoms with Gasteiger partial charge in [-0.15, -0.1) is 0 Å². The van der Waals surface area contributed by atoms with Gasteiger partial charge in [0.1, 0.15) is 5.82 Å². The Balaban J connectivity index is 2.26. The molecule has 1 aromatic carbocycles. The van der Waals surface area contributed by atoms with Crippen LogP contribution in [0.1, 0.15) is 35.8 Å². The number of nitrogen functional groups attached to an aromatic ring is 1. The Labute approximate surface area is 112 Å². The molecule has 0 radical (unpaired) electrons. The molecule has 5 nitrogen and oxygen atoms in total. The van der Waals surface area contributed by atoms with Crippen LogP contribution in [0.5, 0.6) is 0 Å². The minimum atomic E-state index is -0.174. The predicted molar refractivity (Wildman–Crippen MR) is 76.2 cm³/mol. The number of rotatable bonds is 3. The zero-order valence-corrected chi connectivity index (χ0v) is 11.3. The van der Waals surface area contributed by atoms with E-state index in [4.69, 9.17) is 5.73 Å². The third-order valence-electron chi connectivity index (χ3n) is 3.02. The van der Waals surface area contributed by atoms with Gasteiger partial charge in [0.05, 0.1) is 6.20 Å². The van der Waals surface area contributed by atoms with E-state index < -0.39 is 0 Å². The zero-order chi connectivity index (χ0) is 14.0. The van der Waals surface area contributed by atoms with Gasteiger partial charge in [-0.3, -0.25) is 4.79 Å². The largest absolute Gasteiger partial charge is 0.398 e. The Morgan fingerprint density at radius 1 is 1.37 bits per heavy atom. The number of hydrogen-bond donors (Lipinski definition) is 2. The molecule has 0 aliphatic rings. The van der Waals surface area contributed by atoms with Crippen LogP contribution in [0, 0.1) is 6.92 Å². The van der Waals surface area contributed by atoms with Gasteiger partial charge in [0.2, 0.25) is 0 Å². The zero-order valence-electron chi connectivity index (χ0n) is 11.3. The molecule has 2 aromatic rings. The molecular weight excluding hydrogens is 240 g/mol. The maximum absolute atomic E-state index is 12.3. The first-order valence-corrected chi connectivity index (χ1v) is 6.20. The van der Waals surface area contributed by atoms with E-state index in [-0.39, 0.29) is 11.9 Å². The van der Waals surface area contributed by atoms with E-state index in [0.717, 1.165) is 5.56 Å². The molecule has 2 rings (SSSR count). The summed E-state index contributed by atoms with van der Waals surface area (Å²) in [5.41, 5.74) is 7.80. The van der Waals surface area contributed by atoms with Gasteiger partial charge >= 0.3 is 0 Å². The Hall–Kier alpha value is -2.30. The molecule has 0 atom stereocenters. The first-order chi connectivity index (χ1) is 9.00. The second kappa shape index (κ2) is 5.14. The van der Waals surface area contributed by atoms with E-state index in [0.29, 0.717) is 17.1 Å². The van der Waals surface area contributed by atoms with E-state index in [1.54, 1.807) is 35.1 Å². The van der Waals surface area contributed by atoms with Crippen LogP contribution in [-0.2, 0) is 0 Å². The molecule has 5 heteroatoms. The Kier molecular flexibility index (Phi) is 3.55. The number of benzene rings is 1. The highest BCUT2D eigenvalue weighted by atomic mass is 16.1. The lowest BCUT2D eigenvalue weighted by Gasteiger charge is -2.13. The van der Waals surface area contributed by atoms with Gasteiger partial charge in [0, 0.05) is 23.4 Å². The second-order valence-electron chi connectivity index (χ2n) is 4.73. The molecule has 0 aliphatic heterocycles. The topological polar surface area (TPSA) is 72.9 Å². The normalized spacial score (nSPS) is 10.7. The van der Waals surface area contributed by atoms with Crippen molar-refractivity contribution in [2.24, 2.45) is 0 Å². The van der Waals surface area contributed by atoms with Crippen molar-refractivity contribution in [1.29, 1.82) is 0 Å². The molecule has 0 aliphatic carbocycles. The number of carbonyl (C=O) groups excluding carboxylic acids is 1. The first-order valence-electron chi connectivity index (χ1n) is 6.20. The van der Waals surface area contributed by atoms with Crippen molar-refractivity contribution < 1.29 is 4.79 Å². The maximum Gasteiger partial charge on any atom is 0.257 e. The Morgan fingerprint density at radius 3 is 2.79 bits per heavy atom. The number of nitrogens with one attached hydrogen (secondary N) is 1. The van der Waals surface area contributed by atoms with Gasteiger partial charge in [0.15, 0.2) is 0 Å². The van der Waals surface area contributed by atoms with Crippen molar-refractivity contribution in [2.75, 3.05) is 11.1 Å². The highest BCUT2D eigenvalue weighted by molar-refractivity contribution is 6.05. The van der Waals surface area contributed by atoms with Crippen LogP contribution in [0.25, 0.3) is 0 Å². The number of nitrogens with two attached hydrogens (primary N) is 1. The summed E-state index contributed by atoms with van der Waals surface area (Å²) in [6.07, 6.45) is 1.67. The van der Waals surface area contributed by atoms with Crippen molar-refractivity contribution in [3.05, 3.63) is 41.6 Å². The van der Waals surface area contributed by atoms with E-state index in [1.165, 1.54) is 0 Å². The Bertz CT molecular complexity index is 601. The summed E-state index contributed by atoms with van der Waals surface area (Å²) in [5.74, 6) is 0.508. The molecule has 1 amide bonds. The van der Waals surface area contributed by atoms with Gasteiger partial charge in [0.25, 0.3) is 5.91 Å². The summed E-state index contributed by atoms with van der Waals surface area (Å²) in [5, 5.41) is 7.04. The lowest BCUT2D eigenvalue weighted by atomic mass is 10.1. The summed E-state index contributed by atoms with van der Waals surface area (Å²) in [6, 6.07) is 7.28. The molecule has 0 unspecified atom stereocenters. The number of nitrogens with zero attached hydrogens (tertiary/aromatic N) is 2. The van der Waals surface area contributed by atoms with Gasteiger partial charge in [-0.1, -0.05) is 6.07 Å². The van der Waals surface area contributed by atoms with Crippen molar-refractivity contribution in [3.63, 3.8) is 0 Å². The monoisotopic (exact) mass is 258 g/mol. The SMILES string of the molecule is Cc1c(N)cccc1C(=O)Nc1ccnn1C(C)C. The second-order valence-corrected chi connectivity index (χ2v) is 4.73. The molecular formula is C14H18N4O. The summed E-state index contributed by atoms with van der Waals surface area (Å²) >= 11 is 0. The molecule has 0 saturated carbocycles. The molecule has 0 spiro atoms. The van der Waals surface area contributed by atoms with Crippen LogP contribution in [-0.4, -0.2) is 15.7 Å². The van der Waals surface area contributed by atoms with Gasteiger partial charge in [-0.25, -0.2) is 4.68 Å². The summed E-state index contributed by atoms with van der Waals surface area (Å²) in [4.78, 5) is 12.3. The molecule has 19 heavy (non-hydrogen) atoms. The van der Waals surface area contributed by atoms with E-state index >= 15 is 0 Å². The van der Waals surface area contributed by atoms with Crippen LogP contribution >= 0.6 is 0 Å². The van der Waals surface area contributed by atoms with Crippen molar-refractivity contribution in [2.45, 2.75) is 26.8 Å². The number of hydrogen-bond acceptors (Lipinski definition) is 3. The number of aromatic nitrogens is 2. The van der Waals surface area contributed by atoms with Crippen molar-refractivity contribution in [1.82, 2.24) is 9.78 Å². The minimum Gasteiger partial charge on any atom is -0.398 e. The average molecular weight is 258 g/mol. The lowest BCUT2D eigenvalue weighted by molar-refractivity contribution is 0.102. The maximum atomic E-state index is 12.3. The van der Waals surface area contributed by atoms with Gasteiger partial charge in [-0.05, 0) is 38.5 Å². The van der Waals surface area contributed by atoms with Crippen molar-refractivity contribution in [3.8, 4) is 0 Å². The van der Waals surface area contributed by atoms with E-state index in [1.807, 2.05) is 20.8 Å². The third-order valence-corrected chi connectivity index (χ3v) is 3.02. The fourth-order valence-electron chi connectivity index (χ4n) is 1.91. The van der Waals surface area contributed by atoms with Gasteiger partial charge < -0.3 is 11.1 Å². The average Bonchev–Trinajstić information content (AvgIpc) is 2.80. The first kappa shape index (κ1) is 13.1. The molecule has 100 valence electrons. The van der Waals surface area contributed by atoms with Crippen LogP contribution in [0.15, 0.2) is 30.5 Å².